The lowest BCUT2D eigenvalue weighted by Crippen LogP contribution is -2.49. The van der Waals surface area contributed by atoms with Gasteiger partial charge in [-0.25, -0.2) is 9.78 Å². The number of pyridine rings is 1. The van der Waals surface area contributed by atoms with E-state index in [1.54, 1.807) is 0 Å². The van der Waals surface area contributed by atoms with Crippen molar-refractivity contribution >= 4 is 23.0 Å². The van der Waals surface area contributed by atoms with Crippen molar-refractivity contribution < 1.29 is 14.1 Å². The van der Waals surface area contributed by atoms with Crippen molar-refractivity contribution in [1.82, 2.24) is 30.7 Å². The van der Waals surface area contributed by atoms with Gasteiger partial charge in [-0.05, 0) is 43.9 Å². The van der Waals surface area contributed by atoms with Gasteiger partial charge >= 0.3 is 6.03 Å². The number of hydrogen-bond acceptors (Lipinski definition) is 6. The summed E-state index contributed by atoms with van der Waals surface area (Å²) in [4.78, 5) is 35.5. The van der Waals surface area contributed by atoms with Crippen LogP contribution in [0.1, 0.15) is 37.5 Å². The Balaban J connectivity index is 1.34. The molecule has 3 N–H and O–H groups in total. The molecule has 9 nitrogen and oxygen atoms in total. The van der Waals surface area contributed by atoms with Crippen molar-refractivity contribution in [2.45, 2.75) is 37.1 Å². The molecule has 2 fully saturated rings. The third-order valence-electron chi connectivity index (χ3n) is 5.28. The molecule has 1 aliphatic carbocycles. The molecule has 2 aliphatic rings. The lowest BCUT2D eigenvalue weighted by atomic mass is 9.76. The Morgan fingerprint density at radius 1 is 1.12 bits per heavy atom. The lowest BCUT2D eigenvalue weighted by molar-refractivity contribution is -0.125. The van der Waals surface area contributed by atoms with E-state index in [4.69, 9.17) is 4.52 Å². The first-order valence-electron chi connectivity index (χ1n) is 8.55. The monoisotopic (exact) mass is 352 g/mol. The van der Waals surface area contributed by atoms with Crippen LogP contribution in [0.3, 0.4) is 0 Å². The van der Waals surface area contributed by atoms with E-state index < -0.39 is 11.6 Å². The quantitative estimate of drug-likeness (QED) is 0.604. The molecule has 0 bridgehead atoms. The van der Waals surface area contributed by atoms with Crippen LogP contribution in [0.15, 0.2) is 28.9 Å². The molecule has 3 aromatic heterocycles. The third-order valence-corrected chi connectivity index (χ3v) is 5.28. The van der Waals surface area contributed by atoms with Gasteiger partial charge in [-0.15, -0.1) is 0 Å². The number of nitrogens with zero attached hydrogens (tertiary/aromatic N) is 3. The van der Waals surface area contributed by atoms with E-state index in [1.165, 1.54) is 0 Å². The zero-order valence-corrected chi connectivity index (χ0v) is 13.8. The number of aromatic amines is 1. The van der Waals surface area contributed by atoms with Crippen LogP contribution in [0.4, 0.5) is 4.79 Å². The summed E-state index contributed by atoms with van der Waals surface area (Å²) in [6.07, 6.45) is 4.33. The fourth-order valence-electron chi connectivity index (χ4n) is 3.80. The van der Waals surface area contributed by atoms with Crippen molar-refractivity contribution in [1.29, 1.82) is 0 Å². The van der Waals surface area contributed by atoms with Gasteiger partial charge in [-0.2, -0.15) is 4.98 Å². The van der Waals surface area contributed by atoms with Crippen molar-refractivity contribution in [2.24, 2.45) is 0 Å². The topological polar surface area (TPSA) is 126 Å². The maximum Gasteiger partial charge on any atom is 0.322 e. The van der Waals surface area contributed by atoms with Gasteiger partial charge in [0.15, 0.2) is 0 Å². The average molecular weight is 352 g/mol. The fraction of sp³-hybridized carbons (Fsp3) is 0.353. The Bertz CT molecular complexity index is 1010. The summed E-state index contributed by atoms with van der Waals surface area (Å²) in [7, 11) is 0. The van der Waals surface area contributed by atoms with E-state index in [1.807, 2.05) is 24.4 Å². The van der Waals surface area contributed by atoms with E-state index in [0.29, 0.717) is 43.1 Å². The summed E-state index contributed by atoms with van der Waals surface area (Å²) >= 11 is 0. The first-order valence-corrected chi connectivity index (χ1v) is 8.55. The highest BCUT2D eigenvalue weighted by Crippen LogP contribution is 2.39. The second-order valence-corrected chi connectivity index (χ2v) is 6.83. The zero-order chi connectivity index (χ0) is 17.7. The van der Waals surface area contributed by atoms with Crippen LogP contribution in [-0.2, 0) is 4.79 Å². The summed E-state index contributed by atoms with van der Waals surface area (Å²) in [6, 6.07) is 5.35. The summed E-state index contributed by atoms with van der Waals surface area (Å²) < 4.78 is 5.45. The minimum atomic E-state index is -0.781. The molecule has 0 radical (unpaired) electrons. The van der Waals surface area contributed by atoms with E-state index >= 15 is 0 Å². The Hall–Kier alpha value is -3.23. The predicted octanol–water partition coefficient (Wildman–Crippen LogP) is 1.85. The molecular weight excluding hydrogens is 336 g/mol. The highest BCUT2D eigenvalue weighted by molar-refractivity contribution is 6.07. The predicted molar refractivity (Wildman–Crippen MR) is 90.0 cm³/mol. The Morgan fingerprint density at radius 3 is 2.73 bits per heavy atom. The molecule has 0 atom stereocenters. The first-order chi connectivity index (χ1) is 12.6. The number of carbonyl (C=O) groups excluding carboxylic acids is 2. The van der Waals surface area contributed by atoms with Crippen LogP contribution >= 0.6 is 0 Å². The highest BCUT2D eigenvalue weighted by atomic mass is 16.5. The van der Waals surface area contributed by atoms with Gasteiger partial charge in [0.25, 0.3) is 5.91 Å². The minimum absolute atomic E-state index is 0.0707. The molecule has 1 spiro atoms. The van der Waals surface area contributed by atoms with Gasteiger partial charge in [0, 0.05) is 17.5 Å². The number of carbonyl (C=O) groups is 2. The Labute approximate surface area is 147 Å². The van der Waals surface area contributed by atoms with Gasteiger partial charge in [0.05, 0.1) is 0 Å². The molecule has 26 heavy (non-hydrogen) atoms. The van der Waals surface area contributed by atoms with E-state index in [2.05, 4.69) is 30.7 Å². The molecule has 9 heteroatoms. The number of hydrogen-bond donors (Lipinski definition) is 3. The minimum Gasteiger partial charge on any atom is -0.346 e. The van der Waals surface area contributed by atoms with Crippen LogP contribution in [0.25, 0.3) is 22.6 Å². The summed E-state index contributed by atoms with van der Waals surface area (Å²) in [6.45, 7) is 0. The highest BCUT2D eigenvalue weighted by Gasteiger charge is 2.48. The smallest absolute Gasteiger partial charge is 0.322 e. The number of imide groups is 1. The number of H-pyrrole nitrogens is 1. The SMILES string of the molecule is O=C1NC(=O)C2(CCC(c3nc(-c4ccc5cc[nH]c5n4)no3)CC2)N1. The van der Waals surface area contributed by atoms with E-state index in [9.17, 15) is 9.59 Å². The van der Waals surface area contributed by atoms with Crippen molar-refractivity contribution in [2.75, 3.05) is 0 Å². The van der Waals surface area contributed by atoms with Crippen LogP contribution in [-0.4, -0.2) is 37.6 Å². The Morgan fingerprint density at radius 2 is 1.96 bits per heavy atom. The van der Waals surface area contributed by atoms with Crippen LogP contribution in [0, 0.1) is 0 Å². The van der Waals surface area contributed by atoms with Gasteiger partial charge in [-0.1, -0.05) is 5.16 Å². The molecule has 132 valence electrons. The van der Waals surface area contributed by atoms with Crippen molar-refractivity contribution in [3.63, 3.8) is 0 Å². The molecule has 1 saturated heterocycles. The molecule has 3 aromatic rings. The standard InChI is InChI=1S/C17H16N6O3/c24-15-17(22-16(25)21-15)6-3-10(4-7-17)14-20-13(23-26-14)11-2-1-9-5-8-18-12(9)19-11/h1-2,5,8,10H,3-4,6-7H2,(H,18,19)(H2,21,22,24,25). The number of amides is 3. The van der Waals surface area contributed by atoms with Gasteiger partial charge < -0.3 is 14.8 Å². The van der Waals surface area contributed by atoms with Crippen molar-refractivity contribution in [3.8, 4) is 11.5 Å². The second kappa shape index (κ2) is 5.38. The number of urea groups is 1. The lowest BCUT2D eigenvalue weighted by Gasteiger charge is -2.33. The molecule has 1 saturated carbocycles. The molecule has 0 aromatic carbocycles. The largest absolute Gasteiger partial charge is 0.346 e. The zero-order valence-electron chi connectivity index (χ0n) is 13.8. The molecule has 4 heterocycles. The number of aromatic nitrogens is 4. The van der Waals surface area contributed by atoms with Crippen LogP contribution in [0.2, 0.25) is 0 Å². The number of nitrogens with one attached hydrogen (secondary N) is 3. The average Bonchev–Trinajstić information content (AvgIpc) is 3.35. The maximum atomic E-state index is 12.0. The number of fused-ring (bicyclic) bond motifs is 1. The van der Waals surface area contributed by atoms with Gasteiger partial charge in [0.2, 0.25) is 11.7 Å². The Kier molecular flexibility index (Phi) is 3.12. The van der Waals surface area contributed by atoms with Crippen molar-refractivity contribution in [3.05, 3.63) is 30.3 Å². The molecule has 5 rings (SSSR count). The van der Waals surface area contributed by atoms with Crippen LogP contribution in [0.5, 0.6) is 0 Å². The second-order valence-electron chi connectivity index (χ2n) is 6.83. The summed E-state index contributed by atoms with van der Waals surface area (Å²) in [5, 5.41) is 10.2. The molecule has 0 unspecified atom stereocenters. The van der Waals surface area contributed by atoms with Crippen LogP contribution < -0.4 is 10.6 Å². The molecule has 3 amide bonds. The van der Waals surface area contributed by atoms with Gasteiger partial charge in [-0.3, -0.25) is 10.1 Å². The van der Waals surface area contributed by atoms with E-state index in [0.717, 1.165) is 11.0 Å². The molecule has 1 aliphatic heterocycles. The first kappa shape index (κ1) is 15.1. The maximum absolute atomic E-state index is 12.0. The fourth-order valence-corrected chi connectivity index (χ4v) is 3.80. The van der Waals surface area contributed by atoms with Gasteiger partial charge in [0.1, 0.15) is 16.9 Å². The molecular formula is C17H16N6O3. The van der Waals surface area contributed by atoms with E-state index in [-0.39, 0.29) is 11.8 Å². The number of rotatable bonds is 2. The summed E-state index contributed by atoms with van der Waals surface area (Å²) in [5.74, 6) is 0.827. The third kappa shape index (κ3) is 2.27. The normalized spacial score (nSPS) is 25.6. The summed E-state index contributed by atoms with van der Waals surface area (Å²) in [5.41, 5.74) is 0.637.